The normalized spacial score (nSPS) is 16.0. The van der Waals surface area contributed by atoms with Crippen molar-refractivity contribution in [3.05, 3.63) is 107 Å². The highest BCUT2D eigenvalue weighted by molar-refractivity contribution is 6.30. The molecule has 1 aromatic heterocycles. The first-order valence-corrected chi connectivity index (χ1v) is 10.6. The van der Waals surface area contributed by atoms with E-state index in [9.17, 15) is 14.7 Å². The first-order valence-electron chi connectivity index (χ1n) is 10.2. The van der Waals surface area contributed by atoms with Crippen molar-refractivity contribution in [3.63, 3.8) is 0 Å². The third-order valence-electron chi connectivity index (χ3n) is 5.62. The second kappa shape index (κ2) is 8.15. The van der Waals surface area contributed by atoms with Gasteiger partial charge in [-0.1, -0.05) is 54.1 Å². The molecule has 33 heavy (non-hydrogen) atoms. The molecular formula is C26H18ClNO5. The Morgan fingerprint density at radius 2 is 1.76 bits per heavy atom. The van der Waals surface area contributed by atoms with Gasteiger partial charge in [0, 0.05) is 16.1 Å². The molecule has 0 bridgehead atoms. The summed E-state index contributed by atoms with van der Waals surface area (Å²) >= 11 is 6.02. The first kappa shape index (κ1) is 20.8. The number of carbonyl (C=O) groups is 2. The summed E-state index contributed by atoms with van der Waals surface area (Å²) in [5.74, 6) is -1.39. The number of amides is 1. The van der Waals surface area contributed by atoms with E-state index in [0.717, 1.165) is 0 Å². The minimum absolute atomic E-state index is 0.00253. The van der Waals surface area contributed by atoms with E-state index in [0.29, 0.717) is 33.0 Å². The molecule has 0 spiro atoms. The SMILES string of the molecule is COc1cccc2cc(C(=O)C3=C(O)C(=O)N(c4ccc(Cl)cc4)C3c3ccccc3)oc12. The van der Waals surface area contributed by atoms with E-state index in [1.165, 1.54) is 12.0 Å². The summed E-state index contributed by atoms with van der Waals surface area (Å²) < 4.78 is 11.1. The average Bonchev–Trinajstić information content (AvgIpc) is 3.39. The number of nitrogens with zero attached hydrogens (tertiary/aromatic N) is 1. The van der Waals surface area contributed by atoms with Crippen molar-refractivity contribution in [1.29, 1.82) is 0 Å². The van der Waals surface area contributed by atoms with Gasteiger partial charge in [-0.2, -0.15) is 0 Å². The lowest BCUT2D eigenvalue weighted by Crippen LogP contribution is -2.31. The van der Waals surface area contributed by atoms with Crippen LogP contribution < -0.4 is 9.64 Å². The molecule has 1 N–H and O–H groups in total. The molecule has 0 saturated carbocycles. The molecule has 1 amide bonds. The van der Waals surface area contributed by atoms with E-state index >= 15 is 0 Å². The maximum atomic E-state index is 13.6. The first-order chi connectivity index (χ1) is 16.0. The lowest BCUT2D eigenvalue weighted by Gasteiger charge is -2.26. The van der Waals surface area contributed by atoms with Gasteiger partial charge in [0.25, 0.3) is 5.91 Å². The number of aliphatic hydroxyl groups is 1. The number of carbonyl (C=O) groups excluding carboxylic acids is 2. The van der Waals surface area contributed by atoms with Crippen molar-refractivity contribution in [3.8, 4) is 5.75 Å². The minimum atomic E-state index is -0.845. The van der Waals surface area contributed by atoms with Crippen LogP contribution >= 0.6 is 11.6 Å². The summed E-state index contributed by atoms with van der Waals surface area (Å²) in [5.41, 5.74) is 1.53. The Kier molecular flexibility index (Phi) is 5.15. The fourth-order valence-corrected chi connectivity index (χ4v) is 4.22. The van der Waals surface area contributed by atoms with Crippen LogP contribution in [0, 0.1) is 0 Å². The summed E-state index contributed by atoms with van der Waals surface area (Å²) in [4.78, 5) is 28.2. The fraction of sp³-hybridized carbons (Fsp3) is 0.0769. The van der Waals surface area contributed by atoms with Crippen molar-refractivity contribution in [2.24, 2.45) is 0 Å². The van der Waals surface area contributed by atoms with Crippen LogP contribution in [0.2, 0.25) is 5.02 Å². The maximum absolute atomic E-state index is 13.6. The number of Topliss-reactive ketones (excluding diaryl/α,β-unsaturated/α-hetero) is 1. The molecule has 1 atom stereocenters. The summed E-state index contributed by atoms with van der Waals surface area (Å²) in [6.07, 6.45) is 0. The average molecular weight is 460 g/mol. The van der Waals surface area contributed by atoms with Crippen LogP contribution in [0.15, 0.2) is 94.6 Å². The van der Waals surface area contributed by atoms with Crippen LogP contribution in [0.3, 0.4) is 0 Å². The number of halogens is 1. The van der Waals surface area contributed by atoms with E-state index < -0.39 is 23.5 Å². The number of benzene rings is 3. The van der Waals surface area contributed by atoms with Gasteiger partial charge in [0.1, 0.15) is 0 Å². The Bertz CT molecular complexity index is 1410. The molecule has 0 aliphatic carbocycles. The van der Waals surface area contributed by atoms with E-state index in [4.69, 9.17) is 20.8 Å². The van der Waals surface area contributed by atoms with Gasteiger partial charge in [0.05, 0.1) is 18.7 Å². The van der Waals surface area contributed by atoms with Crippen LogP contribution in [0.4, 0.5) is 5.69 Å². The molecule has 4 aromatic rings. The molecule has 6 nitrogen and oxygen atoms in total. The molecule has 2 heterocycles. The smallest absolute Gasteiger partial charge is 0.294 e. The molecule has 0 radical (unpaired) electrons. The highest BCUT2D eigenvalue weighted by atomic mass is 35.5. The standard InChI is InChI=1S/C26H18ClNO5/c1-32-19-9-5-8-16-14-20(33-25(16)19)23(29)21-22(15-6-3-2-4-7-15)28(26(31)24(21)30)18-12-10-17(27)11-13-18/h2-14,22,30H,1H3. The zero-order valence-corrected chi connectivity index (χ0v) is 18.2. The van der Waals surface area contributed by atoms with Crippen molar-refractivity contribution in [2.75, 3.05) is 12.0 Å². The van der Waals surface area contributed by atoms with Gasteiger partial charge in [0.15, 0.2) is 22.9 Å². The number of aliphatic hydroxyl groups excluding tert-OH is 1. The Hall–Kier alpha value is -4.03. The molecule has 1 unspecified atom stereocenters. The number of ketones is 1. The van der Waals surface area contributed by atoms with Gasteiger partial charge in [-0.3, -0.25) is 14.5 Å². The largest absolute Gasteiger partial charge is 0.503 e. The number of para-hydroxylation sites is 1. The van der Waals surface area contributed by atoms with E-state index in [2.05, 4.69) is 0 Å². The zero-order valence-electron chi connectivity index (χ0n) is 17.5. The van der Waals surface area contributed by atoms with Gasteiger partial charge in [0.2, 0.25) is 5.78 Å². The number of ether oxygens (including phenoxy) is 1. The molecular weight excluding hydrogens is 442 g/mol. The number of hydrogen-bond donors (Lipinski definition) is 1. The third kappa shape index (κ3) is 3.45. The monoisotopic (exact) mass is 459 g/mol. The second-order valence-corrected chi connectivity index (χ2v) is 7.98. The van der Waals surface area contributed by atoms with Crippen molar-refractivity contribution >= 4 is 39.9 Å². The van der Waals surface area contributed by atoms with E-state index in [1.807, 2.05) is 18.2 Å². The fourth-order valence-electron chi connectivity index (χ4n) is 4.10. The van der Waals surface area contributed by atoms with E-state index in [-0.39, 0.29) is 11.3 Å². The lowest BCUT2D eigenvalue weighted by molar-refractivity contribution is -0.117. The van der Waals surface area contributed by atoms with Crippen LogP contribution in [0.25, 0.3) is 11.0 Å². The van der Waals surface area contributed by atoms with Crippen molar-refractivity contribution in [2.45, 2.75) is 6.04 Å². The highest BCUT2D eigenvalue weighted by Gasteiger charge is 2.45. The predicted octanol–water partition coefficient (Wildman–Crippen LogP) is 5.88. The number of anilines is 1. The maximum Gasteiger partial charge on any atom is 0.294 e. The molecule has 5 rings (SSSR count). The molecule has 1 aliphatic heterocycles. The van der Waals surface area contributed by atoms with Gasteiger partial charge in [-0.25, -0.2) is 0 Å². The Labute approximate surface area is 194 Å². The van der Waals surface area contributed by atoms with Crippen molar-refractivity contribution < 1.29 is 23.8 Å². The Morgan fingerprint density at radius 3 is 2.45 bits per heavy atom. The highest BCUT2D eigenvalue weighted by Crippen LogP contribution is 2.42. The molecule has 7 heteroatoms. The summed E-state index contributed by atoms with van der Waals surface area (Å²) in [6, 6.07) is 21.7. The number of rotatable bonds is 5. The van der Waals surface area contributed by atoms with Crippen LogP contribution in [0.5, 0.6) is 5.75 Å². The van der Waals surface area contributed by atoms with Gasteiger partial charge >= 0.3 is 0 Å². The van der Waals surface area contributed by atoms with Gasteiger partial charge in [-0.05, 0) is 42.0 Å². The van der Waals surface area contributed by atoms with Gasteiger partial charge in [-0.15, -0.1) is 0 Å². The second-order valence-electron chi connectivity index (χ2n) is 7.55. The number of hydrogen-bond acceptors (Lipinski definition) is 5. The van der Waals surface area contributed by atoms with Crippen LogP contribution in [0.1, 0.15) is 22.2 Å². The molecule has 164 valence electrons. The van der Waals surface area contributed by atoms with Crippen LogP contribution in [-0.4, -0.2) is 23.9 Å². The zero-order chi connectivity index (χ0) is 23.1. The van der Waals surface area contributed by atoms with E-state index in [1.54, 1.807) is 60.7 Å². The number of furan rings is 1. The summed E-state index contributed by atoms with van der Waals surface area (Å²) in [6.45, 7) is 0. The lowest BCUT2D eigenvalue weighted by atomic mass is 9.95. The summed E-state index contributed by atoms with van der Waals surface area (Å²) in [5, 5.41) is 12.0. The molecule has 0 fully saturated rings. The molecule has 3 aromatic carbocycles. The number of fused-ring (bicyclic) bond motifs is 1. The molecule has 1 aliphatic rings. The van der Waals surface area contributed by atoms with Crippen LogP contribution in [-0.2, 0) is 4.79 Å². The topological polar surface area (TPSA) is 80.0 Å². The predicted molar refractivity (Wildman–Crippen MR) is 125 cm³/mol. The quantitative estimate of drug-likeness (QED) is 0.377. The van der Waals surface area contributed by atoms with Gasteiger partial charge < -0.3 is 14.3 Å². The minimum Gasteiger partial charge on any atom is -0.503 e. The third-order valence-corrected chi connectivity index (χ3v) is 5.88. The number of methoxy groups -OCH3 is 1. The summed E-state index contributed by atoms with van der Waals surface area (Å²) in [7, 11) is 1.51. The Balaban J connectivity index is 1.65. The Morgan fingerprint density at radius 1 is 1.03 bits per heavy atom. The molecule has 0 saturated heterocycles. The van der Waals surface area contributed by atoms with Crippen molar-refractivity contribution in [1.82, 2.24) is 0 Å².